The van der Waals surface area contributed by atoms with Crippen molar-refractivity contribution < 1.29 is 5.11 Å². The molecule has 0 bridgehead atoms. The molecule has 0 spiro atoms. The number of aliphatic hydroxyl groups is 1. The van der Waals surface area contributed by atoms with Crippen LogP contribution in [0.1, 0.15) is 25.5 Å². The van der Waals surface area contributed by atoms with Gasteiger partial charge in [-0.2, -0.15) is 0 Å². The van der Waals surface area contributed by atoms with Crippen LogP contribution in [0.4, 0.5) is 5.82 Å². The molecule has 0 aliphatic carbocycles. The first-order chi connectivity index (χ1) is 6.66. The summed E-state index contributed by atoms with van der Waals surface area (Å²) in [5, 5.41) is 9.19. The molecule has 3 heteroatoms. The lowest BCUT2D eigenvalue weighted by Gasteiger charge is -2.37. The van der Waals surface area contributed by atoms with Crippen molar-refractivity contribution in [2.45, 2.75) is 25.9 Å². The van der Waals surface area contributed by atoms with Crippen LogP contribution in [0, 0.1) is 0 Å². The second-order valence-corrected chi connectivity index (χ2v) is 4.13. The van der Waals surface area contributed by atoms with E-state index in [1.54, 1.807) is 0 Å². The number of β-amino-alcohol motifs (C(OH)–C–C–N with tert-alkyl or cyclic N) is 1. The summed E-state index contributed by atoms with van der Waals surface area (Å²) in [5.74, 6) is 1.45. The summed E-state index contributed by atoms with van der Waals surface area (Å²) in [6, 6.07) is 6.07. The second-order valence-electron chi connectivity index (χ2n) is 4.13. The lowest BCUT2D eigenvalue weighted by Crippen LogP contribution is -2.51. The maximum atomic E-state index is 9.19. The van der Waals surface area contributed by atoms with E-state index in [9.17, 15) is 5.11 Å². The van der Waals surface area contributed by atoms with Crippen molar-refractivity contribution >= 4 is 5.82 Å². The molecule has 0 aromatic carbocycles. The van der Waals surface area contributed by atoms with Crippen molar-refractivity contribution in [1.29, 1.82) is 0 Å². The fourth-order valence-electron chi connectivity index (χ4n) is 1.58. The minimum Gasteiger partial charge on any atom is -0.389 e. The maximum Gasteiger partial charge on any atom is 0.128 e. The fraction of sp³-hybridized carbons (Fsp3) is 0.545. The highest BCUT2D eigenvalue weighted by atomic mass is 16.3. The third-order valence-electron chi connectivity index (χ3n) is 2.53. The summed E-state index contributed by atoms with van der Waals surface area (Å²) in [5.41, 5.74) is 1.11. The minimum absolute atomic E-state index is 0.167. The Morgan fingerprint density at radius 3 is 2.71 bits per heavy atom. The molecule has 0 atom stereocenters. The monoisotopic (exact) mass is 192 g/mol. The third-order valence-corrected chi connectivity index (χ3v) is 2.53. The van der Waals surface area contributed by atoms with Crippen molar-refractivity contribution in [2.24, 2.45) is 0 Å². The van der Waals surface area contributed by atoms with Gasteiger partial charge in [-0.05, 0) is 18.1 Å². The molecule has 14 heavy (non-hydrogen) atoms. The topological polar surface area (TPSA) is 36.4 Å². The normalized spacial score (nSPS) is 17.3. The number of hydrogen-bond donors (Lipinski definition) is 1. The summed E-state index contributed by atoms with van der Waals surface area (Å²) < 4.78 is 0. The molecule has 1 N–H and O–H groups in total. The molecule has 1 saturated heterocycles. The zero-order chi connectivity index (χ0) is 10.1. The van der Waals surface area contributed by atoms with Crippen LogP contribution in [-0.2, 0) is 0 Å². The average Bonchev–Trinajstić information content (AvgIpc) is 2.13. The highest BCUT2D eigenvalue weighted by Crippen LogP contribution is 2.21. The average molecular weight is 192 g/mol. The van der Waals surface area contributed by atoms with Gasteiger partial charge in [0, 0.05) is 18.8 Å². The highest BCUT2D eigenvalue weighted by molar-refractivity contribution is 5.43. The molecule has 1 aliphatic heterocycles. The van der Waals surface area contributed by atoms with Gasteiger partial charge < -0.3 is 10.0 Å². The summed E-state index contributed by atoms with van der Waals surface area (Å²) in [6.45, 7) is 5.71. The Labute approximate surface area is 84.4 Å². The van der Waals surface area contributed by atoms with E-state index in [1.165, 1.54) is 0 Å². The number of rotatable bonds is 2. The number of aliphatic hydroxyl groups excluding tert-OH is 1. The van der Waals surface area contributed by atoms with Gasteiger partial charge in [-0.15, -0.1) is 0 Å². The molecule has 3 nitrogen and oxygen atoms in total. The Kier molecular flexibility index (Phi) is 2.42. The SMILES string of the molecule is CC(C)c1cccc(N2CC(O)C2)n1. The van der Waals surface area contributed by atoms with E-state index in [1.807, 2.05) is 18.2 Å². The van der Waals surface area contributed by atoms with Crippen LogP contribution in [0.25, 0.3) is 0 Å². The van der Waals surface area contributed by atoms with Gasteiger partial charge in [-0.25, -0.2) is 4.98 Å². The van der Waals surface area contributed by atoms with E-state index >= 15 is 0 Å². The van der Waals surface area contributed by atoms with Gasteiger partial charge in [-0.3, -0.25) is 0 Å². The predicted octanol–water partition coefficient (Wildman–Crippen LogP) is 1.39. The van der Waals surface area contributed by atoms with Gasteiger partial charge in [0.1, 0.15) is 5.82 Å². The summed E-state index contributed by atoms with van der Waals surface area (Å²) in [6.07, 6.45) is -0.167. The van der Waals surface area contributed by atoms with E-state index in [0.29, 0.717) is 19.0 Å². The molecule has 2 rings (SSSR count). The van der Waals surface area contributed by atoms with Crippen molar-refractivity contribution in [3.63, 3.8) is 0 Å². The van der Waals surface area contributed by atoms with Crippen molar-refractivity contribution in [2.75, 3.05) is 18.0 Å². The number of nitrogens with zero attached hydrogens (tertiary/aromatic N) is 2. The first-order valence-corrected chi connectivity index (χ1v) is 5.07. The standard InChI is InChI=1S/C11H16N2O/c1-8(2)10-4-3-5-11(12-10)13-6-9(14)7-13/h3-5,8-9,14H,6-7H2,1-2H3. The number of aromatic nitrogens is 1. The smallest absolute Gasteiger partial charge is 0.128 e. The Morgan fingerprint density at radius 1 is 1.43 bits per heavy atom. The molecule has 0 saturated carbocycles. The van der Waals surface area contributed by atoms with E-state index in [2.05, 4.69) is 23.7 Å². The third kappa shape index (κ3) is 1.73. The van der Waals surface area contributed by atoms with E-state index in [0.717, 1.165) is 11.5 Å². The van der Waals surface area contributed by atoms with Gasteiger partial charge >= 0.3 is 0 Å². The lowest BCUT2D eigenvalue weighted by molar-refractivity contribution is 0.141. The molecule has 0 amide bonds. The molecule has 2 heterocycles. The van der Waals surface area contributed by atoms with E-state index in [4.69, 9.17) is 0 Å². The molecular formula is C11H16N2O. The van der Waals surface area contributed by atoms with Gasteiger partial charge in [0.15, 0.2) is 0 Å². The van der Waals surface area contributed by atoms with Crippen molar-refractivity contribution in [1.82, 2.24) is 4.98 Å². The van der Waals surface area contributed by atoms with Gasteiger partial charge in [-0.1, -0.05) is 19.9 Å². The number of anilines is 1. The molecule has 1 aliphatic rings. The second kappa shape index (κ2) is 3.58. The van der Waals surface area contributed by atoms with Gasteiger partial charge in [0.05, 0.1) is 6.10 Å². The van der Waals surface area contributed by atoms with E-state index < -0.39 is 0 Å². The minimum atomic E-state index is -0.167. The molecule has 1 aromatic heterocycles. The fourth-order valence-corrected chi connectivity index (χ4v) is 1.58. The van der Waals surface area contributed by atoms with Crippen molar-refractivity contribution in [3.8, 4) is 0 Å². The Bertz CT molecular complexity index is 319. The quantitative estimate of drug-likeness (QED) is 0.769. The van der Waals surface area contributed by atoms with Crippen LogP contribution >= 0.6 is 0 Å². The van der Waals surface area contributed by atoms with Gasteiger partial charge in [0.2, 0.25) is 0 Å². The van der Waals surface area contributed by atoms with Crippen LogP contribution in [-0.4, -0.2) is 29.3 Å². The summed E-state index contributed by atoms with van der Waals surface area (Å²) in [4.78, 5) is 6.64. The molecule has 0 unspecified atom stereocenters. The number of hydrogen-bond acceptors (Lipinski definition) is 3. The lowest BCUT2D eigenvalue weighted by atomic mass is 10.1. The highest BCUT2D eigenvalue weighted by Gasteiger charge is 2.25. The van der Waals surface area contributed by atoms with Crippen LogP contribution < -0.4 is 4.90 Å². The predicted molar refractivity (Wildman–Crippen MR) is 56.5 cm³/mol. The van der Waals surface area contributed by atoms with Crippen LogP contribution in [0.15, 0.2) is 18.2 Å². The molecule has 76 valence electrons. The van der Waals surface area contributed by atoms with E-state index in [-0.39, 0.29) is 6.10 Å². The largest absolute Gasteiger partial charge is 0.389 e. The van der Waals surface area contributed by atoms with Gasteiger partial charge in [0.25, 0.3) is 0 Å². The zero-order valence-corrected chi connectivity index (χ0v) is 8.64. The zero-order valence-electron chi connectivity index (χ0n) is 8.64. The summed E-state index contributed by atoms with van der Waals surface area (Å²) >= 11 is 0. The summed E-state index contributed by atoms with van der Waals surface area (Å²) in [7, 11) is 0. The Hall–Kier alpha value is -1.09. The first-order valence-electron chi connectivity index (χ1n) is 5.07. The molecule has 1 fully saturated rings. The van der Waals surface area contributed by atoms with Crippen LogP contribution in [0.3, 0.4) is 0 Å². The Balaban J connectivity index is 2.14. The molecular weight excluding hydrogens is 176 g/mol. The first kappa shape index (κ1) is 9.46. The molecule has 0 radical (unpaired) electrons. The Morgan fingerprint density at radius 2 is 2.14 bits per heavy atom. The van der Waals surface area contributed by atoms with Crippen LogP contribution in [0.2, 0.25) is 0 Å². The van der Waals surface area contributed by atoms with Crippen LogP contribution in [0.5, 0.6) is 0 Å². The number of pyridine rings is 1. The maximum absolute atomic E-state index is 9.19. The molecule has 1 aromatic rings. The van der Waals surface area contributed by atoms with Crippen molar-refractivity contribution in [3.05, 3.63) is 23.9 Å².